The third-order valence-electron chi connectivity index (χ3n) is 3.41. The first-order valence-corrected chi connectivity index (χ1v) is 7.75. The second kappa shape index (κ2) is 7.44. The minimum Gasteiger partial charge on any atom is -0.410 e. The van der Waals surface area contributed by atoms with Crippen molar-refractivity contribution < 1.29 is 9.53 Å². The molecule has 1 heterocycles. The molecule has 0 radical (unpaired) electrons. The van der Waals surface area contributed by atoms with Crippen molar-refractivity contribution in [3.05, 3.63) is 67.0 Å². The van der Waals surface area contributed by atoms with Gasteiger partial charge in [-0.15, -0.1) is 0 Å². The number of hydrogen-bond donors (Lipinski definition) is 1. The molecule has 0 saturated heterocycles. The molecular weight excluding hydrogens is 316 g/mol. The van der Waals surface area contributed by atoms with Crippen LogP contribution in [0.3, 0.4) is 0 Å². The summed E-state index contributed by atoms with van der Waals surface area (Å²) in [5.74, 6) is 1.12. The molecule has 6 nitrogen and oxygen atoms in total. The maximum atomic E-state index is 11.6. The molecular formula is C19H18N4O2. The van der Waals surface area contributed by atoms with Crippen LogP contribution in [-0.4, -0.2) is 35.1 Å². The van der Waals surface area contributed by atoms with E-state index in [1.165, 1.54) is 11.2 Å². The smallest absolute Gasteiger partial charge is 0.410 e. The third kappa shape index (κ3) is 4.32. The molecule has 0 aliphatic carbocycles. The number of rotatable bonds is 4. The van der Waals surface area contributed by atoms with Crippen LogP contribution in [0.25, 0.3) is 11.3 Å². The van der Waals surface area contributed by atoms with Crippen molar-refractivity contribution in [3.8, 4) is 17.0 Å². The number of amides is 1. The lowest BCUT2D eigenvalue weighted by Crippen LogP contribution is -2.25. The second-order valence-corrected chi connectivity index (χ2v) is 5.57. The number of carbonyl (C=O) groups is 1. The van der Waals surface area contributed by atoms with E-state index in [1.54, 1.807) is 32.3 Å². The number of ether oxygens (including phenoxy) is 1. The van der Waals surface area contributed by atoms with Crippen LogP contribution >= 0.6 is 0 Å². The number of aromatic nitrogens is 2. The van der Waals surface area contributed by atoms with E-state index >= 15 is 0 Å². The number of nitrogens with one attached hydrogen (secondary N) is 1. The Morgan fingerprint density at radius 2 is 1.80 bits per heavy atom. The topological polar surface area (TPSA) is 67.3 Å². The van der Waals surface area contributed by atoms with Crippen LogP contribution in [-0.2, 0) is 0 Å². The standard InChI is InChI=1S/C19H18N4O2/c1-23(2)19(24)25-16-10-6-9-15(11-16)22-18-12-17(20-13-21-18)14-7-4-3-5-8-14/h3-13H,1-2H3,(H,20,21,22). The van der Waals surface area contributed by atoms with Crippen molar-refractivity contribution in [2.24, 2.45) is 0 Å². The summed E-state index contributed by atoms with van der Waals surface area (Å²) in [4.78, 5) is 21.6. The van der Waals surface area contributed by atoms with E-state index in [2.05, 4.69) is 15.3 Å². The predicted molar refractivity (Wildman–Crippen MR) is 96.9 cm³/mol. The molecule has 3 aromatic rings. The van der Waals surface area contributed by atoms with Crippen LogP contribution in [0.1, 0.15) is 0 Å². The molecule has 0 atom stereocenters. The van der Waals surface area contributed by atoms with Gasteiger partial charge in [-0.25, -0.2) is 14.8 Å². The molecule has 126 valence electrons. The highest BCUT2D eigenvalue weighted by molar-refractivity contribution is 5.71. The van der Waals surface area contributed by atoms with E-state index in [4.69, 9.17) is 4.74 Å². The molecule has 6 heteroatoms. The van der Waals surface area contributed by atoms with Gasteiger partial charge >= 0.3 is 6.09 Å². The lowest BCUT2D eigenvalue weighted by atomic mass is 10.1. The SMILES string of the molecule is CN(C)C(=O)Oc1cccc(Nc2cc(-c3ccccc3)ncn2)c1. The molecule has 0 aliphatic rings. The summed E-state index contributed by atoms with van der Waals surface area (Å²) < 4.78 is 5.26. The van der Waals surface area contributed by atoms with Gasteiger partial charge in [-0.2, -0.15) is 0 Å². The summed E-state index contributed by atoms with van der Waals surface area (Å²) in [6, 6.07) is 18.9. The van der Waals surface area contributed by atoms with Crippen LogP contribution in [0.5, 0.6) is 5.75 Å². The van der Waals surface area contributed by atoms with Gasteiger partial charge in [0, 0.05) is 37.5 Å². The number of benzene rings is 2. The molecule has 0 unspecified atom stereocenters. The van der Waals surface area contributed by atoms with Gasteiger partial charge in [-0.05, 0) is 12.1 Å². The van der Waals surface area contributed by atoms with E-state index < -0.39 is 6.09 Å². The van der Waals surface area contributed by atoms with Crippen LogP contribution in [0, 0.1) is 0 Å². The van der Waals surface area contributed by atoms with Crippen LogP contribution in [0.2, 0.25) is 0 Å². The van der Waals surface area contributed by atoms with Crippen molar-refractivity contribution in [1.29, 1.82) is 0 Å². The Hall–Kier alpha value is -3.41. The summed E-state index contributed by atoms with van der Waals surface area (Å²) in [6.07, 6.45) is 1.09. The van der Waals surface area contributed by atoms with E-state index in [0.29, 0.717) is 11.6 Å². The first-order chi connectivity index (χ1) is 12.1. The number of anilines is 2. The van der Waals surface area contributed by atoms with Crippen molar-refractivity contribution in [2.45, 2.75) is 0 Å². The van der Waals surface area contributed by atoms with Gasteiger partial charge in [-0.3, -0.25) is 0 Å². The van der Waals surface area contributed by atoms with Crippen LogP contribution < -0.4 is 10.1 Å². The minimum absolute atomic E-state index is 0.425. The Labute approximate surface area is 146 Å². The molecule has 1 aromatic heterocycles. The Bertz CT molecular complexity index is 866. The molecule has 2 aromatic carbocycles. The molecule has 0 aliphatic heterocycles. The highest BCUT2D eigenvalue weighted by Gasteiger charge is 2.07. The fourth-order valence-electron chi connectivity index (χ4n) is 2.17. The molecule has 25 heavy (non-hydrogen) atoms. The highest BCUT2D eigenvalue weighted by Crippen LogP contribution is 2.23. The Morgan fingerprint density at radius 1 is 1.00 bits per heavy atom. The molecule has 1 amide bonds. The fourth-order valence-corrected chi connectivity index (χ4v) is 2.17. The van der Waals surface area contributed by atoms with Crippen LogP contribution in [0.15, 0.2) is 67.0 Å². The molecule has 1 N–H and O–H groups in total. The van der Waals surface area contributed by atoms with E-state index in [0.717, 1.165) is 16.9 Å². The Balaban J connectivity index is 1.78. The van der Waals surface area contributed by atoms with E-state index in [9.17, 15) is 4.79 Å². The zero-order valence-corrected chi connectivity index (χ0v) is 14.0. The van der Waals surface area contributed by atoms with Crippen LogP contribution in [0.4, 0.5) is 16.3 Å². The summed E-state index contributed by atoms with van der Waals surface area (Å²) in [6.45, 7) is 0. The number of carbonyl (C=O) groups excluding carboxylic acids is 1. The normalized spacial score (nSPS) is 10.2. The molecule has 3 rings (SSSR count). The fraction of sp³-hybridized carbons (Fsp3) is 0.105. The Morgan fingerprint density at radius 3 is 2.56 bits per heavy atom. The summed E-state index contributed by atoms with van der Waals surface area (Å²) >= 11 is 0. The van der Waals surface area contributed by atoms with Crippen molar-refractivity contribution in [1.82, 2.24) is 14.9 Å². The van der Waals surface area contributed by atoms with Gasteiger partial charge in [-0.1, -0.05) is 36.4 Å². The molecule has 0 saturated carbocycles. The monoisotopic (exact) mass is 334 g/mol. The number of hydrogen-bond acceptors (Lipinski definition) is 5. The first kappa shape index (κ1) is 16.4. The summed E-state index contributed by atoms with van der Waals surface area (Å²) in [7, 11) is 3.27. The van der Waals surface area contributed by atoms with Gasteiger partial charge in [0.15, 0.2) is 0 Å². The largest absolute Gasteiger partial charge is 0.414 e. The van der Waals surface area contributed by atoms with E-state index in [-0.39, 0.29) is 0 Å². The van der Waals surface area contributed by atoms with Crippen molar-refractivity contribution in [3.63, 3.8) is 0 Å². The van der Waals surface area contributed by atoms with Crippen molar-refractivity contribution >= 4 is 17.6 Å². The summed E-state index contributed by atoms with van der Waals surface area (Å²) in [5, 5.41) is 3.20. The maximum absolute atomic E-state index is 11.6. The average molecular weight is 334 g/mol. The minimum atomic E-state index is -0.425. The Kier molecular flexibility index (Phi) is 4.89. The zero-order valence-electron chi connectivity index (χ0n) is 14.0. The van der Waals surface area contributed by atoms with Gasteiger partial charge in [0.05, 0.1) is 5.69 Å². The maximum Gasteiger partial charge on any atom is 0.414 e. The molecule has 0 spiro atoms. The average Bonchev–Trinajstić information content (AvgIpc) is 2.63. The van der Waals surface area contributed by atoms with E-state index in [1.807, 2.05) is 42.5 Å². The summed E-state index contributed by atoms with van der Waals surface area (Å²) in [5.41, 5.74) is 2.61. The quantitative estimate of drug-likeness (QED) is 0.782. The number of nitrogens with zero attached hydrogens (tertiary/aromatic N) is 3. The van der Waals surface area contributed by atoms with Gasteiger partial charge < -0.3 is 15.0 Å². The molecule has 0 bridgehead atoms. The lowest BCUT2D eigenvalue weighted by molar-refractivity contribution is 0.172. The first-order valence-electron chi connectivity index (χ1n) is 7.75. The zero-order chi connectivity index (χ0) is 17.6. The third-order valence-corrected chi connectivity index (χ3v) is 3.41. The van der Waals surface area contributed by atoms with Gasteiger partial charge in [0.1, 0.15) is 17.9 Å². The molecule has 0 fully saturated rings. The highest BCUT2D eigenvalue weighted by atomic mass is 16.6. The predicted octanol–water partition coefficient (Wildman–Crippen LogP) is 3.95. The lowest BCUT2D eigenvalue weighted by Gasteiger charge is -2.12. The van der Waals surface area contributed by atoms with Gasteiger partial charge in [0.2, 0.25) is 0 Å². The van der Waals surface area contributed by atoms with Crippen molar-refractivity contribution in [2.75, 3.05) is 19.4 Å². The second-order valence-electron chi connectivity index (χ2n) is 5.57. The van der Waals surface area contributed by atoms with Gasteiger partial charge in [0.25, 0.3) is 0 Å².